The van der Waals surface area contributed by atoms with Gasteiger partial charge in [0.1, 0.15) is 0 Å². The van der Waals surface area contributed by atoms with Crippen LogP contribution in [0.3, 0.4) is 0 Å². The van der Waals surface area contributed by atoms with E-state index in [0.717, 1.165) is 10.9 Å². The summed E-state index contributed by atoms with van der Waals surface area (Å²) in [5.41, 5.74) is 1.31. The predicted octanol–water partition coefficient (Wildman–Crippen LogP) is 1.99. The lowest BCUT2D eigenvalue weighted by Crippen LogP contribution is -2.26. The highest BCUT2D eigenvalue weighted by Crippen LogP contribution is 2.32. The Hall–Kier alpha value is -3.61. The molecule has 0 spiro atoms. The summed E-state index contributed by atoms with van der Waals surface area (Å²) in [7, 11) is 1.60. The Morgan fingerprint density at radius 2 is 1.96 bits per heavy atom. The molecular formula is C20H17N3O4. The minimum Gasteiger partial charge on any atom is -0.454 e. The van der Waals surface area contributed by atoms with Gasteiger partial charge < -0.3 is 14.8 Å². The lowest BCUT2D eigenvalue weighted by Gasteiger charge is -2.08. The first-order valence-electron chi connectivity index (χ1n) is 8.42. The van der Waals surface area contributed by atoms with Crippen LogP contribution in [0, 0.1) is 0 Å². The molecule has 2 aromatic carbocycles. The van der Waals surface area contributed by atoms with E-state index in [1.54, 1.807) is 31.3 Å². The molecule has 0 atom stereocenters. The largest absolute Gasteiger partial charge is 0.454 e. The molecule has 0 radical (unpaired) electrons. The van der Waals surface area contributed by atoms with E-state index in [-0.39, 0.29) is 24.8 Å². The fourth-order valence-corrected chi connectivity index (χ4v) is 2.92. The number of aromatic nitrogens is 2. The smallest absolute Gasteiger partial charge is 0.274 e. The number of ether oxygens (including phenoxy) is 2. The number of hydrogen-bond acceptors (Lipinski definition) is 5. The van der Waals surface area contributed by atoms with Crippen LogP contribution < -0.4 is 20.3 Å². The molecule has 27 heavy (non-hydrogen) atoms. The Morgan fingerprint density at radius 1 is 1.19 bits per heavy atom. The van der Waals surface area contributed by atoms with Crippen molar-refractivity contribution in [1.29, 1.82) is 0 Å². The van der Waals surface area contributed by atoms with Crippen molar-refractivity contribution in [3.63, 3.8) is 0 Å². The molecule has 0 unspecified atom stereocenters. The van der Waals surface area contributed by atoms with Crippen LogP contribution in [0.4, 0.5) is 0 Å². The van der Waals surface area contributed by atoms with E-state index in [9.17, 15) is 9.59 Å². The van der Waals surface area contributed by atoms with E-state index >= 15 is 0 Å². The van der Waals surface area contributed by atoms with Crippen molar-refractivity contribution in [1.82, 2.24) is 15.1 Å². The maximum Gasteiger partial charge on any atom is 0.274 e. The van der Waals surface area contributed by atoms with Crippen LogP contribution in [0.25, 0.3) is 16.8 Å². The zero-order valence-electron chi connectivity index (χ0n) is 14.6. The predicted molar refractivity (Wildman–Crippen MR) is 100 cm³/mol. The quantitative estimate of drug-likeness (QED) is 0.717. The number of rotatable bonds is 4. The Labute approximate surface area is 154 Å². The van der Waals surface area contributed by atoms with Crippen molar-refractivity contribution in [3.05, 3.63) is 70.2 Å². The van der Waals surface area contributed by atoms with Crippen molar-refractivity contribution in [2.24, 2.45) is 7.05 Å². The second-order valence-corrected chi connectivity index (χ2v) is 6.08. The third kappa shape index (κ3) is 3.39. The number of nitrogens with zero attached hydrogens (tertiary/aromatic N) is 2. The number of amides is 1. The van der Waals surface area contributed by atoms with Gasteiger partial charge in [0, 0.05) is 18.5 Å². The lowest BCUT2D eigenvalue weighted by atomic mass is 10.1. The van der Waals surface area contributed by atoms with Crippen LogP contribution >= 0.6 is 0 Å². The highest BCUT2D eigenvalue weighted by atomic mass is 16.7. The van der Waals surface area contributed by atoms with Gasteiger partial charge in [-0.1, -0.05) is 24.3 Å². The summed E-state index contributed by atoms with van der Waals surface area (Å²) in [6.45, 7) is 0.433. The van der Waals surface area contributed by atoms with Crippen molar-refractivity contribution in [3.8, 4) is 11.5 Å². The van der Waals surface area contributed by atoms with Gasteiger partial charge in [-0.15, -0.1) is 0 Å². The summed E-state index contributed by atoms with van der Waals surface area (Å²) in [5.74, 6) is 1.11. The monoisotopic (exact) mass is 363 g/mol. The molecule has 7 nitrogen and oxygen atoms in total. The SMILES string of the molecule is Cn1nc(CNC(=O)/C=C/c2ccc3c(c2)OCO3)c2ccccc2c1=O. The second kappa shape index (κ2) is 6.95. The number of benzene rings is 2. The Morgan fingerprint density at radius 3 is 2.81 bits per heavy atom. The average Bonchev–Trinajstić information content (AvgIpc) is 3.16. The number of nitrogens with one attached hydrogen (secondary N) is 1. The summed E-state index contributed by atoms with van der Waals surface area (Å²) >= 11 is 0. The normalized spacial score (nSPS) is 12.6. The third-order valence-electron chi connectivity index (χ3n) is 4.29. The molecular weight excluding hydrogens is 346 g/mol. The van der Waals surface area contributed by atoms with Gasteiger partial charge in [0.15, 0.2) is 11.5 Å². The molecule has 1 aromatic heterocycles. The molecule has 4 rings (SSSR count). The standard InChI is InChI=1S/C20H17N3O4/c1-23-20(25)15-5-3-2-4-14(15)16(22-23)11-21-19(24)9-7-13-6-8-17-18(10-13)27-12-26-17/h2-10H,11-12H2,1H3,(H,21,24)/b9-7+. The molecule has 0 aliphatic carbocycles. The summed E-state index contributed by atoms with van der Waals surface area (Å²) in [4.78, 5) is 24.3. The topological polar surface area (TPSA) is 82.5 Å². The second-order valence-electron chi connectivity index (χ2n) is 6.08. The molecule has 1 aliphatic rings. The average molecular weight is 363 g/mol. The Bertz CT molecular complexity index is 1120. The van der Waals surface area contributed by atoms with Gasteiger partial charge in [0.2, 0.25) is 12.7 Å². The van der Waals surface area contributed by atoms with Crippen LogP contribution in [0.5, 0.6) is 11.5 Å². The Kier molecular flexibility index (Phi) is 4.33. The number of hydrogen-bond donors (Lipinski definition) is 1. The van der Waals surface area contributed by atoms with E-state index in [1.807, 2.05) is 24.3 Å². The van der Waals surface area contributed by atoms with Crippen molar-refractivity contribution in [2.75, 3.05) is 6.79 Å². The highest BCUT2D eigenvalue weighted by molar-refractivity contribution is 5.92. The third-order valence-corrected chi connectivity index (χ3v) is 4.29. The molecule has 1 amide bonds. The fourth-order valence-electron chi connectivity index (χ4n) is 2.92. The maximum absolute atomic E-state index is 12.2. The van der Waals surface area contributed by atoms with Crippen LogP contribution in [-0.2, 0) is 18.4 Å². The van der Waals surface area contributed by atoms with Crippen LogP contribution in [0.15, 0.2) is 53.3 Å². The lowest BCUT2D eigenvalue weighted by molar-refractivity contribution is -0.116. The van der Waals surface area contributed by atoms with Gasteiger partial charge in [-0.25, -0.2) is 4.68 Å². The maximum atomic E-state index is 12.2. The summed E-state index contributed by atoms with van der Waals surface area (Å²) in [6.07, 6.45) is 3.14. The summed E-state index contributed by atoms with van der Waals surface area (Å²) in [5, 5.41) is 8.38. The van der Waals surface area contributed by atoms with Gasteiger partial charge in [-0.2, -0.15) is 5.10 Å². The zero-order chi connectivity index (χ0) is 18.8. The fraction of sp³-hybridized carbons (Fsp3) is 0.150. The first kappa shape index (κ1) is 16.8. The molecule has 1 N–H and O–H groups in total. The molecule has 0 bridgehead atoms. The summed E-state index contributed by atoms with van der Waals surface area (Å²) in [6, 6.07) is 12.7. The van der Waals surface area contributed by atoms with E-state index in [2.05, 4.69) is 10.4 Å². The van der Waals surface area contributed by atoms with Gasteiger partial charge in [-0.3, -0.25) is 9.59 Å². The van der Waals surface area contributed by atoms with E-state index in [0.29, 0.717) is 22.6 Å². The van der Waals surface area contributed by atoms with Gasteiger partial charge in [0.25, 0.3) is 5.56 Å². The van der Waals surface area contributed by atoms with E-state index in [1.165, 1.54) is 10.8 Å². The molecule has 1 aliphatic heterocycles. The van der Waals surface area contributed by atoms with Crippen molar-refractivity contribution in [2.45, 2.75) is 6.54 Å². The number of carbonyl (C=O) groups is 1. The molecule has 136 valence electrons. The number of aryl methyl sites for hydroxylation is 1. The Balaban J connectivity index is 1.47. The van der Waals surface area contributed by atoms with Crippen molar-refractivity contribution < 1.29 is 14.3 Å². The number of fused-ring (bicyclic) bond motifs is 2. The van der Waals surface area contributed by atoms with Gasteiger partial charge in [-0.05, 0) is 29.8 Å². The van der Waals surface area contributed by atoms with Crippen LogP contribution in [0.2, 0.25) is 0 Å². The van der Waals surface area contributed by atoms with Gasteiger partial charge >= 0.3 is 0 Å². The van der Waals surface area contributed by atoms with Gasteiger partial charge in [0.05, 0.1) is 17.6 Å². The molecule has 7 heteroatoms. The molecule has 0 saturated carbocycles. The molecule has 0 fully saturated rings. The van der Waals surface area contributed by atoms with Crippen molar-refractivity contribution >= 4 is 22.8 Å². The molecule has 2 heterocycles. The summed E-state index contributed by atoms with van der Waals surface area (Å²) < 4.78 is 11.9. The first-order valence-corrected chi connectivity index (χ1v) is 8.42. The zero-order valence-corrected chi connectivity index (χ0v) is 14.6. The molecule has 3 aromatic rings. The first-order chi connectivity index (χ1) is 13.1. The minimum absolute atomic E-state index is 0.164. The van der Waals surface area contributed by atoms with E-state index in [4.69, 9.17) is 9.47 Å². The molecule has 0 saturated heterocycles. The highest BCUT2D eigenvalue weighted by Gasteiger charge is 2.12. The van der Waals surface area contributed by atoms with Crippen LogP contribution in [-0.4, -0.2) is 22.5 Å². The van der Waals surface area contributed by atoms with Crippen LogP contribution in [0.1, 0.15) is 11.3 Å². The minimum atomic E-state index is -0.257. The number of carbonyl (C=O) groups excluding carboxylic acids is 1. The van der Waals surface area contributed by atoms with E-state index < -0.39 is 0 Å².